The lowest BCUT2D eigenvalue weighted by atomic mass is 9.97. The number of likely N-dealkylation sites (tertiary alicyclic amines) is 1. The summed E-state index contributed by atoms with van der Waals surface area (Å²) in [4.78, 5) is 17.4. The second kappa shape index (κ2) is 9.87. The minimum atomic E-state index is -0.389. The number of rotatable bonds is 7. The van der Waals surface area contributed by atoms with Gasteiger partial charge in [-0.05, 0) is 74.5 Å². The van der Waals surface area contributed by atoms with E-state index in [1.165, 1.54) is 24.5 Å². The molecule has 2 heterocycles. The van der Waals surface area contributed by atoms with Crippen molar-refractivity contribution in [2.24, 2.45) is 0 Å². The average Bonchev–Trinajstić information content (AvgIpc) is 3.44. The number of nitrogens with one attached hydrogen (secondary N) is 1. The molecule has 6 heteroatoms. The molecule has 1 fully saturated rings. The summed E-state index contributed by atoms with van der Waals surface area (Å²) < 4.78 is 0. The van der Waals surface area contributed by atoms with Crippen LogP contribution >= 0.6 is 0 Å². The number of hydrogen-bond donors (Lipinski definition) is 3. The van der Waals surface area contributed by atoms with Crippen LogP contribution in [0.3, 0.4) is 0 Å². The minimum absolute atomic E-state index is 0.00959. The number of anilines is 1. The van der Waals surface area contributed by atoms with Crippen LogP contribution in [0.2, 0.25) is 0 Å². The van der Waals surface area contributed by atoms with Gasteiger partial charge in [-0.15, -0.1) is 0 Å². The molecule has 0 spiro atoms. The lowest BCUT2D eigenvalue weighted by Gasteiger charge is -2.30. The lowest BCUT2D eigenvalue weighted by Crippen LogP contribution is -2.43. The minimum Gasteiger partial charge on any atom is -0.508 e. The lowest BCUT2D eigenvalue weighted by molar-refractivity contribution is -0.121. The Bertz CT molecular complexity index is 1020. The zero-order valence-corrected chi connectivity index (χ0v) is 19.8. The van der Waals surface area contributed by atoms with E-state index in [0.717, 1.165) is 36.6 Å². The van der Waals surface area contributed by atoms with E-state index in [4.69, 9.17) is 0 Å². The van der Waals surface area contributed by atoms with Crippen molar-refractivity contribution >= 4 is 17.3 Å². The first kappa shape index (κ1) is 23.2. The third kappa shape index (κ3) is 4.86. The smallest absolute Gasteiger partial charge is 0.243 e. The van der Waals surface area contributed by atoms with Crippen LogP contribution in [0.25, 0.3) is 5.70 Å². The SMILES string of the molecule is CCNC(=O)C1CC=C(c2cc(C(C)C)c(O)cc2O)N1c1ccc(CN2CCCC2)cc1. The van der Waals surface area contributed by atoms with Crippen LogP contribution in [0.1, 0.15) is 62.6 Å². The molecule has 3 N–H and O–H groups in total. The van der Waals surface area contributed by atoms with Gasteiger partial charge in [-0.3, -0.25) is 9.69 Å². The number of likely N-dealkylation sites (N-methyl/N-ethyl adjacent to an activating group) is 1. The van der Waals surface area contributed by atoms with Crippen LogP contribution in [0.5, 0.6) is 11.5 Å². The van der Waals surface area contributed by atoms with Gasteiger partial charge in [0.2, 0.25) is 5.91 Å². The second-order valence-electron chi connectivity index (χ2n) is 9.34. The van der Waals surface area contributed by atoms with E-state index in [2.05, 4.69) is 34.5 Å². The maximum absolute atomic E-state index is 12.9. The van der Waals surface area contributed by atoms with Gasteiger partial charge in [0, 0.05) is 36.1 Å². The normalized spacial score (nSPS) is 18.7. The van der Waals surface area contributed by atoms with E-state index in [1.807, 2.05) is 37.8 Å². The number of carbonyl (C=O) groups excluding carboxylic acids is 1. The second-order valence-corrected chi connectivity index (χ2v) is 9.34. The monoisotopic (exact) mass is 449 g/mol. The molecule has 2 aromatic rings. The van der Waals surface area contributed by atoms with Gasteiger partial charge in [-0.1, -0.05) is 32.1 Å². The van der Waals surface area contributed by atoms with Crippen molar-refractivity contribution in [1.82, 2.24) is 10.2 Å². The summed E-state index contributed by atoms with van der Waals surface area (Å²) in [6.07, 6.45) is 5.09. The number of carbonyl (C=O) groups is 1. The Labute approximate surface area is 196 Å². The van der Waals surface area contributed by atoms with Crippen molar-refractivity contribution in [3.05, 3.63) is 59.2 Å². The van der Waals surface area contributed by atoms with Gasteiger partial charge in [0.1, 0.15) is 17.5 Å². The van der Waals surface area contributed by atoms with Gasteiger partial charge in [0.05, 0.1) is 0 Å². The molecule has 176 valence electrons. The molecule has 6 nitrogen and oxygen atoms in total. The maximum Gasteiger partial charge on any atom is 0.243 e. The summed E-state index contributed by atoms with van der Waals surface area (Å²) in [5, 5.41) is 24.0. The van der Waals surface area contributed by atoms with Gasteiger partial charge in [-0.2, -0.15) is 0 Å². The van der Waals surface area contributed by atoms with E-state index in [-0.39, 0.29) is 29.4 Å². The van der Waals surface area contributed by atoms with E-state index < -0.39 is 0 Å². The van der Waals surface area contributed by atoms with Gasteiger partial charge < -0.3 is 20.4 Å². The van der Waals surface area contributed by atoms with Gasteiger partial charge in [-0.25, -0.2) is 0 Å². The average molecular weight is 450 g/mol. The van der Waals surface area contributed by atoms with E-state index >= 15 is 0 Å². The predicted molar refractivity (Wildman–Crippen MR) is 132 cm³/mol. The van der Waals surface area contributed by atoms with Crippen molar-refractivity contribution in [2.45, 2.75) is 58.5 Å². The highest BCUT2D eigenvalue weighted by molar-refractivity contribution is 5.96. The molecule has 0 radical (unpaired) electrons. The Morgan fingerprint density at radius 1 is 1.09 bits per heavy atom. The first-order valence-electron chi connectivity index (χ1n) is 12.0. The Balaban J connectivity index is 1.69. The third-order valence-corrected chi connectivity index (χ3v) is 6.62. The zero-order valence-electron chi connectivity index (χ0n) is 19.8. The number of nitrogens with zero attached hydrogens (tertiary/aromatic N) is 2. The first-order valence-corrected chi connectivity index (χ1v) is 12.0. The number of phenols is 2. The first-order chi connectivity index (χ1) is 15.9. The van der Waals surface area contributed by atoms with Gasteiger partial charge in [0.15, 0.2) is 0 Å². The highest BCUT2D eigenvalue weighted by atomic mass is 16.3. The molecular formula is C27H35N3O3. The molecule has 0 saturated carbocycles. The molecule has 1 unspecified atom stereocenters. The molecule has 2 aromatic carbocycles. The fourth-order valence-corrected chi connectivity index (χ4v) is 4.89. The van der Waals surface area contributed by atoms with Crippen LogP contribution in [0.15, 0.2) is 42.5 Å². The van der Waals surface area contributed by atoms with Crippen molar-refractivity contribution in [1.29, 1.82) is 0 Å². The molecule has 1 saturated heterocycles. The predicted octanol–water partition coefficient (Wildman–Crippen LogP) is 4.57. The molecule has 33 heavy (non-hydrogen) atoms. The third-order valence-electron chi connectivity index (χ3n) is 6.62. The fourth-order valence-electron chi connectivity index (χ4n) is 4.89. The van der Waals surface area contributed by atoms with Crippen LogP contribution in [-0.2, 0) is 11.3 Å². The summed E-state index contributed by atoms with van der Waals surface area (Å²) in [6, 6.07) is 11.3. The van der Waals surface area contributed by atoms with Crippen LogP contribution in [0, 0.1) is 0 Å². The van der Waals surface area contributed by atoms with Crippen molar-refractivity contribution in [3.8, 4) is 11.5 Å². The molecule has 0 aromatic heterocycles. The van der Waals surface area contributed by atoms with Crippen LogP contribution < -0.4 is 10.2 Å². The van der Waals surface area contributed by atoms with Crippen molar-refractivity contribution in [3.63, 3.8) is 0 Å². The topological polar surface area (TPSA) is 76.0 Å². The van der Waals surface area contributed by atoms with Crippen molar-refractivity contribution < 1.29 is 15.0 Å². The molecule has 4 rings (SSSR count). The summed E-state index contributed by atoms with van der Waals surface area (Å²) in [5.74, 6) is 0.161. The standard InChI is InChI=1S/C27H35N3O3/c1-4-28-27(33)24-12-11-23(22-15-21(18(2)3)25(31)16-26(22)32)30(24)20-9-7-19(8-10-20)17-29-13-5-6-14-29/h7-11,15-16,18,24,31-32H,4-6,12-14,17H2,1-3H3,(H,28,33). The highest BCUT2D eigenvalue weighted by Crippen LogP contribution is 2.42. The summed E-state index contributed by atoms with van der Waals surface area (Å²) in [7, 11) is 0. The number of phenolic OH excluding ortho intramolecular Hbond substituents is 2. The van der Waals surface area contributed by atoms with Gasteiger partial charge >= 0.3 is 0 Å². The largest absolute Gasteiger partial charge is 0.508 e. The molecule has 1 atom stereocenters. The van der Waals surface area contributed by atoms with Crippen molar-refractivity contribution in [2.75, 3.05) is 24.5 Å². The molecule has 0 aliphatic carbocycles. The molecule has 0 bridgehead atoms. The zero-order chi connectivity index (χ0) is 23.5. The molecule has 2 aliphatic rings. The van der Waals surface area contributed by atoms with Crippen LogP contribution in [0.4, 0.5) is 5.69 Å². The van der Waals surface area contributed by atoms with E-state index in [1.54, 1.807) is 0 Å². The fraction of sp³-hybridized carbons (Fsp3) is 0.444. The Hall–Kier alpha value is -2.99. The van der Waals surface area contributed by atoms with Crippen LogP contribution in [-0.4, -0.2) is 46.7 Å². The number of benzene rings is 2. The Morgan fingerprint density at radius 2 is 1.79 bits per heavy atom. The summed E-state index contributed by atoms with van der Waals surface area (Å²) >= 11 is 0. The number of amides is 1. The molecule has 2 aliphatic heterocycles. The highest BCUT2D eigenvalue weighted by Gasteiger charge is 2.34. The van der Waals surface area contributed by atoms with Gasteiger partial charge in [0.25, 0.3) is 0 Å². The van der Waals surface area contributed by atoms with E-state index in [0.29, 0.717) is 18.5 Å². The molecular weight excluding hydrogens is 414 g/mol. The summed E-state index contributed by atoms with van der Waals surface area (Å²) in [5.41, 5.74) is 4.36. The quantitative estimate of drug-likeness (QED) is 0.577. The summed E-state index contributed by atoms with van der Waals surface area (Å²) in [6.45, 7) is 9.74. The Morgan fingerprint density at radius 3 is 2.42 bits per heavy atom. The molecule has 1 amide bonds. The number of aromatic hydroxyl groups is 2. The maximum atomic E-state index is 12.9. The Kier molecular flexibility index (Phi) is 6.94. The number of hydrogen-bond acceptors (Lipinski definition) is 5. The van der Waals surface area contributed by atoms with E-state index in [9.17, 15) is 15.0 Å².